The van der Waals surface area contributed by atoms with Crippen LogP contribution in [0.4, 0.5) is 0 Å². The first-order valence-corrected chi connectivity index (χ1v) is 6.49. The first-order chi connectivity index (χ1) is 9.50. The van der Waals surface area contributed by atoms with E-state index in [2.05, 4.69) is 20.6 Å². The van der Waals surface area contributed by atoms with Crippen LogP contribution in [0.15, 0.2) is 23.3 Å². The molecule has 0 radical (unpaired) electrons. The Morgan fingerprint density at radius 3 is 2.48 bits per heavy atom. The van der Waals surface area contributed by atoms with Crippen LogP contribution in [0.25, 0.3) is 0 Å². The summed E-state index contributed by atoms with van der Waals surface area (Å²) in [5.74, 6) is 1.34. The minimum atomic E-state index is -0.237. The van der Waals surface area contributed by atoms with Gasteiger partial charge in [-0.2, -0.15) is 0 Å². The fourth-order valence-electron chi connectivity index (χ4n) is 1.41. The van der Waals surface area contributed by atoms with E-state index in [0.717, 1.165) is 11.5 Å². The molecular formula is C14H25IN4O2. The molecule has 0 aliphatic heterocycles. The standard InChI is InChI=1S/C14H24N4O2.HI/c1-14(2,20-5)10-18-13(15-3)17-9-11-6-7-12(19-4)16-8-11;/h6-8H,9-10H2,1-5H3,(H2,15,17,18);1H. The molecular weight excluding hydrogens is 383 g/mol. The second-order valence-corrected chi connectivity index (χ2v) is 4.95. The number of guanidine groups is 1. The average Bonchev–Trinajstić information content (AvgIpc) is 2.48. The highest BCUT2D eigenvalue weighted by atomic mass is 127. The number of methoxy groups -OCH3 is 2. The quantitative estimate of drug-likeness (QED) is 0.427. The van der Waals surface area contributed by atoms with Gasteiger partial charge in [-0.25, -0.2) is 4.98 Å². The Morgan fingerprint density at radius 1 is 1.29 bits per heavy atom. The Balaban J connectivity index is 0.00000400. The Hall–Kier alpha value is -1.09. The fraction of sp³-hybridized carbons (Fsp3) is 0.571. The minimum Gasteiger partial charge on any atom is -0.481 e. The van der Waals surface area contributed by atoms with Crippen LogP contribution in [0.5, 0.6) is 5.88 Å². The maximum absolute atomic E-state index is 5.35. The summed E-state index contributed by atoms with van der Waals surface area (Å²) >= 11 is 0. The topological polar surface area (TPSA) is 67.8 Å². The van der Waals surface area contributed by atoms with Gasteiger partial charge in [0, 0.05) is 39.5 Å². The van der Waals surface area contributed by atoms with Gasteiger partial charge in [0.05, 0.1) is 12.7 Å². The van der Waals surface area contributed by atoms with Crippen LogP contribution in [0.1, 0.15) is 19.4 Å². The predicted octanol–water partition coefficient (Wildman–Crippen LogP) is 1.80. The van der Waals surface area contributed by atoms with Crippen molar-refractivity contribution in [3.63, 3.8) is 0 Å². The normalized spacial score (nSPS) is 11.6. The first-order valence-electron chi connectivity index (χ1n) is 6.49. The Morgan fingerprint density at radius 2 is 2.00 bits per heavy atom. The summed E-state index contributed by atoms with van der Waals surface area (Å²) in [6, 6.07) is 3.80. The van der Waals surface area contributed by atoms with Gasteiger partial charge >= 0.3 is 0 Å². The summed E-state index contributed by atoms with van der Waals surface area (Å²) in [5, 5.41) is 6.44. The molecule has 0 amide bonds. The smallest absolute Gasteiger partial charge is 0.212 e. The van der Waals surface area contributed by atoms with E-state index < -0.39 is 0 Å². The van der Waals surface area contributed by atoms with Crippen molar-refractivity contribution in [2.45, 2.75) is 26.0 Å². The molecule has 0 aliphatic carbocycles. The number of nitrogens with one attached hydrogen (secondary N) is 2. The lowest BCUT2D eigenvalue weighted by molar-refractivity contribution is 0.0268. The number of nitrogens with zero attached hydrogens (tertiary/aromatic N) is 2. The van der Waals surface area contributed by atoms with Gasteiger partial charge < -0.3 is 20.1 Å². The lowest BCUT2D eigenvalue weighted by atomic mass is 10.1. The zero-order valence-electron chi connectivity index (χ0n) is 13.3. The van der Waals surface area contributed by atoms with E-state index in [-0.39, 0.29) is 29.6 Å². The van der Waals surface area contributed by atoms with Crippen LogP contribution in [0, 0.1) is 0 Å². The van der Waals surface area contributed by atoms with Crippen LogP contribution >= 0.6 is 24.0 Å². The Labute approximate surface area is 143 Å². The molecule has 1 rings (SSSR count). The molecule has 0 saturated carbocycles. The molecule has 0 aliphatic rings. The zero-order chi connectivity index (χ0) is 15.0. The molecule has 0 fully saturated rings. The van der Waals surface area contributed by atoms with Crippen LogP contribution in [0.2, 0.25) is 0 Å². The molecule has 120 valence electrons. The number of hydrogen-bond acceptors (Lipinski definition) is 4. The van der Waals surface area contributed by atoms with E-state index in [0.29, 0.717) is 19.0 Å². The molecule has 1 heterocycles. The molecule has 0 atom stereocenters. The zero-order valence-corrected chi connectivity index (χ0v) is 15.6. The van der Waals surface area contributed by atoms with Gasteiger partial charge in [-0.05, 0) is 19.4 Å². The summed E-state index contributed by atoms with van der Waals surface area (Å²) in [5.41, 5.74) is 0.819. The van der Waals surface area contributed by atoms with Gasteiger partial charge in [0.15, 0.2) is 5.96 Å². The van der Waals surface area contributed by atoms with Crippen molar-refractivity contribution < 1.29 is 9.47 Å². The van der Waals surface area contributed by atoms with Gasteiger partial charge in [0.2, 0.25) is 5.88 Å². The SMILES string of the molecule is CN=C(NCc1ccc(OC)nc1)NCC(C)(C)OC.I. The highest BCUT2D eigenvalue weighted by molar-refractivity contribution is 14.0. The van der Waals surface area contributed by atoms with E-state index in [1.165, 1.54) is 0 Å². The minimum absolute atomic E-state index is 0. The molecule has 0 saturated heterocycles. The van der Waals surface area contributed by atoms with E-state index in [1.54, 1.807) is 27.5 Å². The van der Waals surface area contributed by atoms with Crippen LogP contribution in [0.3, 0.4) is 0 Å². The lowest BCUT2D eigenvalue weighted by Gasteiger charge is -2.24. The van der Waals surface area contributed by atoms with Crippen molar-refractivity contribution in [3.05, 3.63) is 23.9 Å². The van der Waals surface area contributed by atoms with Crippen molar-refractivity contribution in [3.8, 4) is 5.88 Å². The third-order valence-electron chi connectivity index (χ3n) is 2.92. The molecule has 0 unspecified atom stereocenters. The number of hydrogen-bond donors (Lipinski definition) is 2. The summed E-state index contributed by atoms with van der Waals surface area (Å²) < 4.78 is 10.4. The van der Waals surface area contributed by atoms with E-state index in [4.69, 9.17) is 9.47 Å². The molecule has 0 aromatic carbocycles. The number of halogens is 1. The molecule has 6 nitrogen and oxygen atoms in total. The van der Waals surface area contributed by atoms with Crippen molar-refractivity contribution in [1.82, 2.24) is 15.6 Å². The number of pyridine rings is 1. The third-order valence-corrected chi connectivity index (χ3v) is 2.92. The van der Waals surface area contributed by atoms with Crippen LogP contribution in [-0.2, 0) is 11.3 Å². The second-order valence-electron chi connectivity index (χ2n) is 4.95. The number of aliphatic imine (C=N–C) groups is 1. The van der Waals surface area contributed by atoms with Crippen molar-refractivity contribution in [1.29, 1.82) is 0 Å². The monoisotopic (exact) mass is 408 g/mol. The Kier molecular flexibility index (Phi) is 9.27. The first kappa shape index (κ1) is 19.9. The maximum Gasteiger partial charge on any atom is 0.212 e. The fourth-order valence-corrected chi connectivity index (χ4v) is 1.41. The molecule has 0 bridgehead atoms. The third kappa shape index (κ3) is 7.47. The lowest BCUT2D eigenvalue weighted by Crippen LogP contribution is -2.45. The predicted molar refractivity (Wildman–Crippen MR) is 95.5 cm³/mol. The average molecular weight is 408 g/mol. The maximum atomic E-state index is 5.35. The largest absolute Gasteiger partial charge is 0.481 e. The summed E-state index contributed by atoms with van der Waals surface area (Å²) in [6.45, 7) is 5.34. The van der Waals surface area contributed by atoms with Gasteiger partial charge in [0.25, 0.3) is 0 Å². The van der Waals surface area contributed by atoms with Crippen LogP contribution < -0.4 is 15.4 Å². The molecule has 2 N–H and O–H groups in total. The number of rotatable bonds is 6. The Bertz CT molecular complexity index is 435. The number of aromatic nitrogens is 1. The van der Waals surface area contributed by atoms with Crippen molar-refractivity contribution in [2.24, 2.45) is 4.99 Å². The summed E-state index contributed by atoms with van der Waals surface area (Å²) in [4.78, 5) is 8.32. The van der Waals surface area contributed by atoms with Gasteiger partial charge in [-0.15, -0.1) is 24.0 Å². The van der Waals surface area contributed by atoms with Gasteiger partial charge in [0.1, 0.15) is 0 Å². The molecule has 1 aromatic rings. The van der Waals surface area contributed by atoms with Crippen molar-refractivity contribution in [2.75, 3.05) is 27.8 Å². The molecule has 21 heavy (non-hydrogen) atoms. The van der Waals surface area contributed by atoms with E-state index in [9.17, 15) is 0 Å². The molecule has 7 heteroatoms. The number of ether oxygens (including phenoxy) is 2. The highest BCUT2D eigenvalue weighted by Crippen LogP contribution is 2.06. The molecule has 0 spiro atoms. The van der Waals surface area contributed by atoms with Crippen LogP contribution in [-0.4, -0.2) is 44.4 Å². The second kappa shape index (κ2) is 9.78. The van der Waals surface area contributed by atoms with Gasteiger partial charge in [-0.1, -0.05) is 6.07 Å². The molecule has 1 aromatic heterocycles. The summed E-state index contributed by atoms with van der Waals surface area (Å²) in [7, 11) is 5.03. The summed E-state index contributed by atoms with van der Waals surface area (Å²) in [6.07, 6.45) is 1.78. The highest BCUT2D eigenvalue weighted by Gasteiger charge is 2.16. The van der Waals surface area contributed by atoms with Gasteiger partial charge in [-0.3, -0.25) is 4.99 Å². The van der Waals surface area contributed by atoms with E-state index >= 15 is 0 Å². The van der Waals surface area contributed by atoms with E-state index in [1.807, 2.05) is 26.0 Å². The van der Waals surface area contributed by atoms with Crippen molar-refractivity contribution >= 4 is 29.9 Å².